The first kappa shape index (κ1) is 19.6. The highest BCUT2D eigenvalue weighted by atomic mass is 19.1. The summed E-state index contributed by atoms with van der Waals surface area (Å²) < 4.78 is 38.2. The third kappa shape index (κ3) is 3.86. The number of nitrogens with one attached hydrogen (secondary N) is 2. The molecule has 2 aliphatic rings. The van der Waals surface area contributed by atoms with Crippen LogP contribution in [0.5, 0.6) is 11.5 Å². The lowest BCUT2D eigenvalue weighted by molar-refractivity contribution is 0.246. The zero-order chi connectivity index (χ0) is 21.3. The van der Waals surface area contributed by atoms with Crippen LogP contribution in [0.15, 0.2) is 58.3 Å². The molecular weight excluding hydrogens is 394 g/mol. The van der Waals surface area contributed by atoms with Gasteiger partial charge >= 0.3 is 6.03 Å². The van der Waals surface area contributed by atoms with Gasteiger partial charge in [0.25, 0.3) is 0 Å². The van der Waals surface area contributed by atoms with E-state index in [-0.39, 0.29) is 23.8 Å². The van der Waals surface area contributed by atoms with E-state index in [1.807, 2.05) is 6.07 Å². The van der Waals surface area contributed by atoms with Gasteiger partial charge in [0.2, 0.25) is 5.88 Å². The summed E-state index contributed by atoms with van der Waals surface area (Å²) in [6.45, 7) is 3.46. The molecule has 2 aromatic rings. The lowest BCUT2D eigenvalue weighted by atomic mass is 10.1. The van der Waals surface area contributed by atoms with E-state index in [4.69, 9.17) is 9.47 Å². The zero-order valence-electron chi connectivity index (χ0n) is 15.9. The molecule has 1 aliphatic carbocycles. The maximum Gasteiger partial charge on any atom is 0.319 e. The molecule has 0 bridgehead atoms. The van der Waals surface area contributed by atoms with E-state index in [0.29, 0.717) is 23.4 Å². The van der Waals surface area contributed by atoms with Crippen molar-refractivity contribution in [3.8, 4) is 11.5 Å². The summed E-state index contributed by atoms with van der Waals surface area (Å²) in [5, 5.41) is 5.13. The van der Waals surface area contributed by atoms with Gasteiger partial charge in [-0.15, -0.1) is 0 Å². The molecule has 2 aromatic carbocycles. The van der Waals surface area contributed by atoms with E-state index >= 15 is 0 Å². The van der Waals surface area contributed by atoms with E-state index in [1.165, 1.54) is 0 Å². The normalized spacial score (nSPS) is 21.4. The quantitative estimate of drug-likeness (QED) is 0.561. The first-order valence-electron chi connectivity index (χ1n) is 9.10. The minimum atomic E-state index is -0.850. The molecule has 30 heavy (non-hydrogen) atoms. The van der Waals surface area contributed by atoms with Crippen LogP contribution in [0.4, 0.5) is 19.3 Å². The maximum absolute atomic E-state index is 13.7. The number of ether oxygens (including phenoxy) is 2. The Morgan fingerprint density at radius 2 is 2.10 bits per heavy atom. The summed E-state index contributed by atoms with van der Waals surface area (Å²) in [6, 6.07) is 7.42. The van der Waals surface area contributed by atoms with Crippen LogP contribution in [0.3, 0.4) is 0 Å². The van der Waals surface area contributed by atoms with E-state index in [0.717, 1.165) is 17.7 Å². The van der Waals surface area contributed by atoms with Crippen molar-refractivity contribution in [3.63, 3.8) is 0 Å². The number of carbonyl (C=O) groups is 1. The Morgan fingerprint density at radius 3 is 2.83 bits per heavy atom. The lowest BCUT2D eigenvalue weighted by Crippen LogP contribution is -2.34. The molecule has 0 aromatic heterocycles. The van der Waals surface area contributed by atoms with Crippen molar-refractivity contribution in [2.45, 2.75) is 18.1 Å². The fourth-order valence-corrected chi connectivity index (χ4v) is 3.36. The number of rotatable bonds is 6. The van der Waals surface area contributed by atoms with E-state index in [1.54, 1.807) is 31.5 Å². The molecule has 0 saturated heterocycles. The standard InChI is InChI=1S/C21H18F2N4O3/c1-24-8-7-17(25-2)29-12-4-6-16-13(10-12)18-19(20(18)30-16)27-21(28)26-15-5-3-11(22)9-14(15)23/h3-10,18-20H,2H2,1H3,(H2,26,27,28)/b17-7+,24-8-/t18-,19-,20-/m0/s1. The summed E-state index contributed by atoms with van der Waals surface area (Å²) in [4.78, 5) is 19.8. The lowest BCUT2D eigenvalue weighted by Gasteiger charge is -2.13. The molecule has 7 nitrogen and oxygen atoms in total. The maximum atomic E-state index is 13.7. The number of hydrogen-bond acceptors (Lipinski definition) is 5. The van der Waals surface area contributed by atoms with Crippen LogP contribution < -0.4 is 20.1 Å². The Bertz CT molecular complexity index is 1070. The van der Waals surface area contributed by atoms with Crippen molar-refractivity contribution in [2.75, 3.05) is 12.4 Å². The Kier molecular flexibility index (Phi) is 5.18. The van der Waals surface area contributed by atoms with Gasteiger partial charge in [0.1, 0.15) is 29.2 Å². The number of hydrogen-bond donors (Lipinski definition) is 2. The number of urea groups is 1. The molecule has 0 unspecified atom stereocenters. The van der Waals surface area contributed by atoms with Crippen LogP contribution >= 0.6 is 0 Å². The van der Waals surface area contributed by atoms with Crippen LogP contribution in [-0.2, 0) is 0 Å². The number of carbonyl (C=O) groups excluding carboxylic acids is 1. The zero-order valence-corrected chi connectivity index (χ0v) is 15.9. The van der Waals surface area contributed by atoms with Gasteiger partial charge in [-0.05, 0) is 37.0 Å². The van der Waals surface area contributed by atoms with Gasteiger partial charge in [0, 0.05) is 31.0 Å². The molecule has 154 valence electrons. The fourth-order valence-electron chi connectivity index (χ4n) is 3.36. The summed E-state index contributed by atoms with van der Waals surface area (Å²) in [7, 11) is 1.63. The second kappa shape index (κ2) is 7.94. The van der Waals surface area contributed by atoms with Crippen LogP contribution in [0.2, 0.25) is 0 Å². The Hall–Kier alpha value is -3.75. The predicted molar refractivity (Wildman–Crippen MR) is 109 cm³/mol. The second-order valence-electron chi connectivity index (χ2n) is 6.73. The van der Waals surface area contributed by atoms with Crippen molar-refractivity contribution in [1.29, 1.82) is 0 Å². The Morgan fingerprint density at radius 1 is 1.27 bits per heavy atom. The first-order chi connectivity index (χ1) is 14.5. The highest BCUT2D eigenvalue weighted by Gasteiger charge is 2.59. The molecule has 3 atom stereocenters. The van der Waals surface area contributed by atoms with Crippen molar-refractivity contribution < 1.29 is 23.0 Å². The van der Waals surface area contributed by atoms with Crippen LogP contribution in [0.1, 0.15) is 11.5 Å². The van der Waals surface area contributed by atoms with Crippen molar-refractivity contribution in [3.05, 3.63) is 65.6 Å². The highest BCUT2D eigenvalue weighted by Crippen LogP contribution is 2.54. The second-order valence-corrected chi connectivity index (χ2v) is 6.73. The fraction of sp³-hybridized carbons (Fsp3) is 0.190. The molecule has 1 saturated carbocycles. The molecular formula is C21H18F2N4O3. The van der Waals surface area contributed by atoms with Crippen molar-refractivity contribution in [2.24, 2.45) is 9.98 Å². The number of amides is 2. The smallest absolute Gasteiger partial charge is 0.319 e. The van der Waals surface area contributed by atoms with E-state index in [2.05, 4.69) is 27.3 Å². The number of aliphatic imine (C=N–C) groups is 2. The first-order valence-corrected chi connectivity index (χ1v) is 9.10. The third-order valence-electron chi connectivity index (χ3n) is 4.78. The van der Waals surface area contributed by atoms with Gasteiger partial charge in [-0.3, -0.25) is 4.99 Å². The monoisotopic (exact) mass is 412 g/mol. The molecule has 0 spiro atoms. The van der Waals surface area contributed by atoms with Gasteiger partial charge < -0.3 is 20.1 Å². The van der Waals surface area contributed by atoms with Gasteiger partial charge in [-0.25, -0.2) is 18.6 Å². The molecule has 2 amide bonds. The molecule has 2 N–H and O–H groups in total. The van der Waals surface area contributed by atoms with E-state index in [9.17, 15) is 13.6 Å². The van der Waals surface area contributed by atoms with Gasteiger partial charge in [0.15, 0.2) is 0 Å². The van der Waals surface area contributed by atoms with Gasteiger partial charge in [0.05, 0.1) is 17.6 Å². The molecule has 1 heterocycles. The highest BCUT2D eigenvalue weighted by molar-refractivity contribution is 5.90. The molecule has 1 fully saturated rings. The minimum Gasteiger partial charge on any atom is -0.487 e. The minimum absolute atomic E-state index is 0.0475. The number of allylic oxidation sites excluding steroid dienone is 1. The largest absolute Gasteiger partial charge is 0.487 e. The summed E-state index contributed by atoms with van der Waals surface area (Å²) in [5.74, 6) is -0.0599. The van der Waals surface area contributed by atoms with Crippen LogP contribution in [-0.4, -0.2) is 38.2 Å². The topological polar surface area (TPSA) is 84.3 Å². The van der Waals surface area contributed by atoms with E-state index < -0.39 is 17.7 Å². The molecule has 4 rings (SSSR count). The molecule has 0 radical (unpaired) electrons. The number of fused-ring (bicyclic) bond motifs is 3. The SMILES string of the molecule is C=N/C(=C\C=N/C)Oc1ccc2c(c1)[C@H]1[C@H](NC(=O)Nc3ccc(F)cc3F)[C@H]1O2. The average Bonchev–Trinajstić information content (AvgIpc) is 3.23. The summed E-state index contributed by atoms with van der Waals surface area (Å²) in [6.07, 6.45) is 2.92. The third-order valence-corrected chi connectivity index (χ3v) is 4.78. The number of anilines is 1. The van der Waals surface area contributed by atoms with Gasteiger partial charge in [-0.2, -0.15) is 0 Å². The van der Waals surface area contributed by atoms with Crippen molar-refractivity contribution in [1.82, 2.24) is 5.32 Å². The average molecular weight is 412 g/mol. The number of benzene rings is 2. The Balaban J connectivity index is 1.41. The number of nitrogens with zero attached hydrogens (tertiary/aromatic N) is 2. The van der Waals surface area contributed by atoms with Crippen LogP contribution in [0.25, 0.3) is 0 Å². The molecule has 1 aliphatic heterocycles. The number of halogens is 2. The summed E-state index contributed by atoms with van der Waals surface area (Å²) >= 11 is 0. The van der Waals surface area contributed by atoms with Crippen LogP contribution in [0, 0.1) is 11.6 Å². The molecule has 9 heteroatoms. The van der Waals surface area contributed by atoms with Gasteiger partial charge in [-0.1, -0.05) is 0 Å². The van der Waals surface area contributed by atoms with Crippen molar-refractivity contribution >= 4 is 24.7 Å². The predicted octanol–water partition coefficient (Wildman–Crippen LogP) is 3.63. The summed E-state index contributed by atoms with van der Waals surface area (Å²) in [5.41, 5.74) is 0.784. The Labute approximate surface area is 171 Å².